The number of imidazole rings is 1. The number of aromatic amines is 1. The number of rotatable bonds is 8. The Kier molecular flexibility index (Phi) is 6.79. The second-order valence-corrected chi connectivity index (χ2v) is 6.93. The molecule has 0 saturated carbocycles. The number of benzene rings is 1. The fourth-order valence-electron chi connectivity index (χ4n) is 2.35. The first kappa shape index (κ1) is 20.0. The van der Waals surface area contributed by atoms with Crippen LogP contribution in [0.3, 0.4) is 0 Å². The van der Waals surface area contributed by atoms with Gasteiger partial charge in [-0.05, 0) is 20.8 Å². The molecule has 0 radical (unpaired) electrons. The molecule has 0 fully saturated rings. The van der Waals surface area contributed by atoms with E-state index in [9.17, 15) is 14.2 Å². The molecule has 0 atom stereocenters. The molecular weight excluding hydrogens is 361 g/mol. The van der Waals surface area contributed by atoms with Gasteiger partial charge < -0.3 is 18.8 Å². The minimum absolute atomic E-state index is 0.0876. The van der Waals surface area contributed by atoms with Crippen molar-refractivity contribution < 1.29 is 23.1 Å². The molecule has 2 N–H and O–H groups in total. The van der Waals surface area contributed by atoms with E-state index in [1.54, 1.807) is 51.1 Å². The van der Waals surface area contributed by atoms with Crippen LogP contribution in [0.4, 0.5) is 4.79 Å². The molecule has 142 valence electrons. The maximum Gasteiger partial charge on any atom is 0.426 e. The largest absolute Gasteiger partial charge is 0.449 e. The Bertz CT molecular complexity index is 835. The summed E-state index contributed by atoms with van der Waals surface area (Å²) in [7, 11) is -3.91. The molecule has 26 heavy (non-hydrogen) atoms. The first-order valence-corrected chi connectivity index (χ1v) is 9.75. The molecule has 0 aliphatic carbocycles. The van der Waals surface area contributed by atoms with Crippen molar-refractivity contribution in [3.8, 4) is 11.3 Å². The van der Waals surface area contributed by atoms with E-state index < -0.39 is 19.4 Å². The molecule has 9 nitrogen and oxygen atoms in total. The lowest BCUT2D eigenvalue weighted by atomic mass is 10.2. The highest BCUT2D eigenvalue weighted by molar-refractivity contribution is 7.62. The van der Waals surface area contributed by atoms with Crippen LogP contribution in [0, 0.1) is 0 Å². The third kappa shape index (κ3) is 4.24. The summed E-state index contributed by atoms with van der Waals surface area (Å²) >= 11 is 0. The van der Waals surface area contributed by atoms with Crippen LogP contribution in [-0.4, -0.2) is 35.6 Å². The Morgan fingerprint density at radius 3 is 2.27 bits per heavy atom. The zero-order valence-corrected chi connectivity index (χ0v) is 15.7. The summed E-state index contributed by atoms with van der Waals surface area (Å²) in [4.78, 5) is 26.9. The van der Waals surface area contributed by atoms with Crippen LogP contribution in [0.15, 0.2) is 35.1 Å². The molecule has 0 saturated heterocycles. The Balaban J connectivity index is 2.68. The highest BCUT2D eigenvalue weighted by Gasteiger charge is 2.37. The van der Waals surface area contributed by atoms with Gasteiger partial charge in [-0.25, -0.2) is 15.0 Å². The average molecular weight is 383 g/mol. The van der Waals surface area contributed by atoms with E-state index in [0.29, 0.717) is 5.56 Å². The van der Waals surface area contributed by atoms with Gasteiger partial charge in [0.2, 0.25) is 0 Å². The smallest absolute Gasteiger partial charge is 0.426 e. The lowest BCUT2D eigenvalue weighted by molar-refractivity contribution is 0.164. The van der Waals surface area contributed by atoms with E-state index in [2.05, 4.69) is 10.4 Å². The number of nitrogens with one attached hydrogen (secondary N) is 2. The number of ether oxygens (including phenoxy) is 1. The van der Waals surface area contributed by atoms with Gasteiger partial charge in [-0.1, -0.05) is 30.3 Å². The Morgan fingerprint density at radius 1 is 1.12 bits per heavy atom. The number of hydrogen-bond acceptors (Lipinski definition) is 6. The highest BCUT2D eigenvalue weighted by atomic mass is 31.2. The number of carbonyl (C=O) groups is 1. The molecule has 0 unspecified atom stereocenters. The van der Waals surface area contributed by atoms with Gasteiger partial charge in [0.15, 0.2) is 5.44 Å². The maximum absolute atomic E-state index is 13.4. The normalized spacial score (nSPS) is 11.3. The van der Waals surface area contributed by atoms with E-state index >= 15 is 0 Å². The maximum atomic E-state index is 13.4. The van der Waals surface area contributed by atoms with E-state index in [1.165, 1.54) is 0 Å². The average Bonchev–Trinajstić information content (AvgIpc) is 2.93. The first-order valence-electron chi connectivity index (χ1n) is 8.20. The third-order valence-corrected chi connectivity index (χ3v) is 5.41. The second kappa shape index (κ2) is 8.84. The van der Waals surface area contributed by atoms with Gasteiger partial charge in [-0.3, -0.25) is 4.57 Å². The Labute approximate surface area is 150 Å². The van der Waals surface area contributed by atoms with Gasteiger partial charge in [0.25, 0.3) is 0 Å². The molecule has 1 amide bonds. The molecule has 2 rings (SSSR count). The van der Waals surface area contributed by atoms with Crippen molar-refractivity contribution in [2.75, 3.05) is 25.2 Å². The standard InChI is InChI=1S/C16H22N3O6P/c1-4-23-16(21)18-19-14(26(22,24-5-2)25-6-3)13(17-15(19)20)12-10-8-7-9-11-12/h7-11H,4-6H2,1-3H3,(H,17,20)(H,18,21). The number of H-pyrrole nitrogens is 1. The summed E-state index contributed by atoms with van der Waals surface area (Å²) in [6, 6.07) is 8.79. The monoisotopic (exact) mass is 383 g/mol. The topological polar surface area (TPSA) is 112 Å². The number of hydrogen-bond donors (Lipinski definition) is 2. The van der Waals surface area contributed by atoms with Crippen molar-refractivity contribution in [3.05, 3.63) is 40.8 Å². The predicted octanol–water partition coefficient (Wildman–Crippen LogP) is 2.43. The summed E-state index contributed by atoms with van der Waals surface area (Å²) in [5.41, 5.74) is 2.30. The second-order valence-electron chi connectivity index (χ2n) is 5.00. The van der Waals surface area contributed by atoms with Crippen molar-refractivity contribution in [3.63, 3.8) is 0 Å². The van der Waals surface area contributed by atoms with Gasteiger partial charge >= 0.3 is 19.4 Å². The molecule has 0 aliphatic heterocycles. The predicted molar refractivity (Wildman–Crippen MR) is 97.4 cm³/mol. The van der Waals surface area contributed by atoms with Crippen LogP contribution in [-0.2, 0) is 18.3 Å². The van der Waals surface area contributed by atoms with E-state index in [4.69, 9.17) is 13.8 Å². The van der Waals surface area contributed by atoms with Gasteiger partial charge in [-0.2, -0.15) is 4.68 Å². The van der Waals surface area contributed by atoms with Crippen LogP contribution in [0.25, 0.3) is 11.3 Å². The SMILES string of the molecule is CCOC(=O)Nn1c(P(=O)(OCC)OCC)c(-c2ccccc2)[nH]c1=O. The minimum Gasteiger partial charge on any atom is -0.449 e. The third-order valence-electron chi connectivity index (χ3n) is 3.27. The van der Waals surface area contributed by atoms with E-state index in [0.717, 1.165) is 4.68 Å². The lowest BCUT2D eigenvalue weighted by Crippen LogP contribution is -2.39. The quantitative estimate of drug-likeness (QED) is 0.677. The van der Waals surface area contributed by atoms with Gasteiger partial charge in [0, 0.05) is 5.56 Å². The fourth-order valence-corrected chi connectivity index (χ4v) is 4.19. The van der Waals surface area contributed by atoms with E-state index in [1.807, 2.05) is 0 Å². The Morgan fingerprint density at radius 2 is 1.73 bits per heavy atom. The zero-order chi connectivity index (χ0) is 19.2. The summed E-state index contributed by atoms with van der Waals surface area (Å²) in [6.45, 7) is 5.22. The molecule has 1 aromatic heterocycles. The molecule has 0 bridgehead atoms. The molecule has 1 aromatic carbocycles. The van der Waals surface area contributed by atoms with Gasteiger partial charge in [0.1, 0.15) is 0 Å². The molecular formula is C16H22N3O6P. The van der Waals surface area contributed by atoms with Crippen molar-refractivity contribution in [1.29, 1.82) is 0 Å². The fraction of sp³-hybridized carbons (Fsp3) is 0.375. The van der Waals surface area contributed by atoms with Crippen LogP contribution in [0.2, 0.25) is 0 Å². The van der Waals surface area contributed by atoms with Crippen molar-refractivity contribution in [2.24, 2.45) is 0 Å². The summed E-state index contributed by atoms with van der Waals surface area (Å²) in [6.07, 6.45) is -0.867. The molecule has 10 heteroatoms. The number of amides is 1. The van der Waals surface area contributed by atoms with Gasteiger partial charge in [-0.15, -0.1) is 0 Å². The molecule has 0 aliphatic rings. The van der Waals surface area contributed by atoms with Crippen molar-refractivity contribution in [2.45, 2.75) is 20.8 Å². The lowest BCUT2D eigenvalue weighted by Gasteiger charge is -2.19. The molecule has 1 heterocycles. The number of aromatic nitrogens is 2. The zero-order valence-electron chi connectivity index (χ0n) is 14.9. The van der Waals surface area contributed by atoms with Crippen LogP contribution < -0.4 is 16.6 Å². The number of nitrogens with zero attached hydrogens (tertiary/aromatic N) is 1. The van der Waals surface area contributed by atoms with Crippen LogP contribution in [0.5, 0.6) is 0 Å². The van der Waals surface area contributed by atoms with Gasteiger partial charge in [0.05, 0.1) is 25.5 Å². The van der Waals surface area contributed by atoms with Crippen molar-refractivity contribution >= 4 is 19.1 Å². The first-order chi connectivity index (χ1) is 12.5. The Hall–Kier alpha value is -2.35. The van der Waals surface area contributed by atoms with E-state index in [-0.39, 0.29) is 30.9 Å². The summed E-state index contributed by atoms with van der Waals surface area (Å²) in [5.74, 6) is 0. The summed E-state index contributed by atoms with van der Waals surface area (Å²) in [5, 5.41) is 0. The molecule has 2 aromatic rings. The highest BCUT2D eigenvalue weighted by Crippen LogP contribution is 2.48. The van der Waals surface area contributed by atoms with Crippen LogP contribution in [0.1, 0.15) is 20.8 Å². The molecule has 0 spiro atoms. The van der Waals surface area contributed by atoms with Crippen LogP contribution >= 0.6 is 7.60 Å². The van der Waals surface area contributed by atoms with Crippen molar-refractivity contribution in [1.82, 2.24) is 9.66 Å². The minimum atomic E-state index is -3.91. The summed E-state index contributed by atoms with van der Waals surface area (Å²) < 4.78 is 29.7. The number of carbonyl (C=O) groups excluding carboxylic acids is 1.